The Labute approximate surface area is 71.0 Å². The molecule has 2 N–H and O–H groups in total. The van der Waals surface area contributed by atoms with E-state index in [1.54, 1.807) is 12.3 Å². The van der Waals surface area contributed by atoms with Gasteiger partial charge in [0, 0.05) is 12.7 Å². The molecule has 0 aliphatic heterocycles. The molecule has 0 aromatic carbocycles. The quantitative estimate of drug-likeness (QED) is 0.701. The standard InChI is InChI=1S/C8H13N3O/c1-6(2)5-10-7-3-4-9-8(12)11-7/h3-4,6H,5H2,1-2H3,(H2,9,10,11,12). The Bertz CT molecular complexity index is 292. The van der Waals surface area contributed by atoms with Crippen molar-refractivity contribution in [2.24, 2.45) is 5.92 Å². The fourth-order valence-electron chi connectivity index (χ4n) is 0.778. The van der Waals surface area contributed by atoms with Crippen LogP contribution < -0.4 is 11.0 Å². The minimum Gasteiger partial charge on any atom is -0.370 e. The molecule has 0 aliphatic carbocycles. The summed E-state index contributed by atoms with van der Waals surface area (Å²) in [5, 5.41) is 3.05. The first-order valence-corrected chi connectivity index (χ1v) is 3.98. The number of hydrogen-bond acceptors (Lipinski definition) is 3. The van der Waals surface area contributed by atoms with Gasteiger partial charge >= 0.3 is 5.69 Å². The van der Waals surface area contributed by atoms with Gasteiger partial charge in [0.25, 0.3) is 0 Å². The van der Waals surface area contributed by atoms with Crippen molar-refractivity contribution in [3.63, 3.8) is 0 Å². The molecule has 4 nitrogen and oxygen atoms in total. The van der Waals surface area contributed by atoms with E-state index in [1.807, 2.05) is 0 Å². The molecule has 1 aromatic rings. The fraction of sp³-hybridized carbons (Fsp3) is 0.500. The van der Waals surface area contributed by atoms with Gasteiger partial charge in [-0.3, -0.25) is 0 Å². The van der Waals surface area contributed by atoms with Crippen LogP contribution in [0.2, 0.25) is 0 Å². The third-order valence-corrected chi connectivity index (χ3v) is 1.36. The molecule has 0 aliphatic rings. The van der Waals surface area contributed by atoms with E-state index in [9.17, 15) is 4.79 Å². The number of aromatic amines is 1. The van der Waals surface area contributed by atoms with Gasteiger partial charge in [0.05, 0.1) is 0 Å². The molecule has 12 heavy (non-hydrogen) atoms. The largest absolute Gasteiger partial charge is 0.370 e. The molecule has 1 aromatic heterocycles. The van der Waals surface area contributed by atoms with Gasteiger partial charge in [-0.05, 0) is 12.0 Å². The highest BCUT2D eigenvalue weighted by Crippen LogP contribution is 1.98. The van der Waals surface area contributed by atoms with Crippen molar-refractivity contribution >= 4 is 5.82 Å². The van der Waals surface area contributed by atoms with E-state index in [0.29, 0.717) is 11.7 Å². The van der Waals surface area contributed by atoms with Crippen molar-refractivity contribution in [3.05, 3.63) is 22.7 Å². The highest BCUT2D eigenvalue weighted by molar-refractivity contribution is 5.31. The normalized spacial score (nSPS) is 10.2. The first kappa shape index (κ1) is 8.77. The summed E-state index contributed by atoms with van der Waals surface area (Å²) < 4.78 is 0. The van der Waals surface area contributed by atoms with Crippen molar-refractivity contribution in [2.75, 3.05) is 11.9 Å². The van der Waals surface area contributed by atoms with E-state index in [0.717, 1.165) is 6.54 Å². The Kier molecular flexibility index (Phi) is 2.85. The summed E-state index contributed by atoms with van der Waals surface area (Å²) in [7, 11) is 0. The average Bonchev–Trinajstić information content (AvgIpc) is 2.01. The molecule has 4 heteroatoms. The highest BCUT2D eigenvalue weighted by atomic mass is 16.1. The number of hydrogen-bond donors (Lipinski definition) is 2. The predicted molar refractivity (Wildman–Crippen MR) is 48.2 cm³/mol. The SMILES string of the molecule is CC(C)CNc1cc[nH]c(=O)n1. The second-order valence-electron chi connectivity index (χ2n) is 3.05. The molecule has 0 amide bonds. The number of H-pyrrole nitrogens is 1. The van der Waals surface area contributed by atoms with Crippen LogP contribution in [0.5, 0.6) is 0 Å². The molecule has 0 saturated heterocycles. The Morgan fingerprint density at radius 1 is 1.67 bits per heavy atom. The van der Waals surface area contributed by atoms with Gasteiger partial charge in [0.2, 0.25) is 0 Å². The van der Waals surface area contributed by atoms with E-state index >= 15 is 0 Å². The average molecular weight is 167 g/mol. The van der Waals surface area contributed by atoms with Gasteiger partial charge in [0.1, 0.15) is 5.82 Å². The van der Waals surface area contributed by atoms with Crippen LogP contribution in [0.4, 0.5) is 5.82 Å². The first-order chi connectivity index (χ1) is 5.68. The molecule has 0 radical (unpaired) electrons. The zero-order valence-electron chi connectivity index (χ0n) is 7.29. The maximum absolute atomic E-state index is 10.7. The molecule has 0 atom stereocenters. The van der Waals surface area contributed by atoms with Gasteiger partial charge in [0.15, 0.2) is 0 Å². The third kappa shape index (κ3) is 2.74. The second kappa shape index (κ2) is 3.90. The van der Waals surface area contributed by atoms with Crippen molar-refractivity contribution < 1.29 is 0 Å². The van der Waals surface area contributed by atoms with E-state index in [-0.39, 0.29) is 5.69 Å². The molecule has 0 bridgehead atoms. The molecule has 0 fully saturated rings. The van der Waals surface area contributed by atoms with Crippen LogP contribution >= 0.6 is 0 Å². The summed E-state index contributed by atoms with van der Waals surface area (Å²) in [6.07, 6.45) is 1.58. The van der Waals surface area contributed by atoms with Gasteiger partial charge < -0.3 is 10.3 Å². The Morgan fingerprint density at radius 2 is 2.42 bits per heavy atom. The van der Waals surface area contributed by atoms with Crippen molar-refractivity contribution in [1.82, 2.24) is 9.97 Å². The molecule has 1 heterocycles. The molecule has 1 rings (SSSR count). The first-order valence-electron chi connectivity index (χ1n) is 3.98. The van der Waals surface area contributed by atoms with Crippen LogP contribution in [0.1, 0.15) is 13.8 Å². The Morgan fingerprint density at radius 3 is 3.00 bits per heavy atom. The van der Waals surface area contributed by atoms with E-state index in [4.69, 9.17) is 0 Å². The number of anilines is 1. The monoisotopic (exact) mass is 167 g/mol. The lowest BCUT2D eigenvalue weighted by Crippen LogP contribution is -2.15. The van der Waals surface area contributed by atoms with Crippen LogP contribution in [0.3, 0.4) is 0 Å². The van der Waals surface area contributed by atoms with E-state index in [1.165, 1.54) is 0 Å². The van der Waals surface area contributed by atoms with Crippen LogP contribution in [0.15, 0.2) is 17.1 Å². The third-order valence-electron chi connectivity index (χ3n) is 1.36. The van der Waals surface area contributed by atoms with Crippen LogP contribution in [-0.2, 0) is 0 Å². The lowest BCUT2D eigenvalue weighted by molar-refractivity contribution is 0.686. The zero-order chi connectivity index (χ0) is 8.97. The van der Waals surface area contributed by atoms with E-state index < -0.39 is 0 Å². The van der Waals surface area contributed by atoms with E-state index in [2.05, 4.69) is 29.1 Å². The second-order valence-corrected chi connectivity index (χ2v) is 3.05. The van der Waals surface area contributed by atoms with Gasteiger partial charge in [-0.15, -0.1) is 0 Å². The summed E-state index contributed by atoms with van der Waals surface area (Å²) in [5.74, 6) is 1.18. The summed E-state index contributed by atoms with van der Waals surface area (Å²) >= 11 is 0. The minimum atomic E-state index is -0.316. The van der Waals surface area contributed by atoms with Crippen LogP contribution in [-0.4, -0.2) is 16.5 Å². The van der Waals surface area contributed by atoms with Crippen LogP contribution in [0, 0.1) is 5.92 Å². The smallest absolute Gasteiger partial charge is 0.346 e. The van der Waals surface area contributed by atoms with Gasteiger partial charge in [-0.2, -0.15) is 4.98 Å². The lowest BCUT2D eigenvalue weighted by Gasteiger charge is -2.06. The highest BCUT2D eigenvalue weighted by Gasteiger charge is 1.95. The number of nitrogens with zero attached hydrogens (tertiary/aromatic N) is 1. The fourth-order valence-corrected chi connectivity index (χ4v) is 0.778. The predicted octanol–water partition coefficient (Wildman–Crippen LogP) is 0.838. The molecule has 0 saturated carbocycles. The Balaban J connectivity index is 2.58. The molecular formula is C8H13N3O. The van der Waals surface area contributed by atoms with Gasteiger partial charge in [-0.1, -0.05) is 13.8 Å². The minimum absolute atomic E-state index is 0.316. The molecular weight excluding hydrogens is 154 g/mol. The maximum Gasteiger partial charge on any atom is 0.346 e. The van der Waals surface area contributed by atoms with Crippen molar-refractivity contribution in [2.45, 2.75) is 13.8 Å². The molecule has 0 spiro atoms. The number of nitrogens with one attached hydrogen (secondary N) is 2. The Hall–Kier alpha value is -1.32. The summed E-state index contributed by atoms with van der Waals surface area (Å²) in [6.45, 7) is 5.02. The molecule has 66 valence electrons. The summed E-state index contributed by atoms with van der Waals surface area (Å²) in [5.41, 5.74) is -0.316. The number of aromatic nitrogens is 2. The lowest BCUT2D eigenvalue weighted by atomic mass is 10.2. The van der Waals surface area contributed by atoms with Gasteiger partial charge in [-0.25, -0.2) is 4.79 Å². The maximum atomic E-state index is 10.7. The molecule has 0 unspecified atom stereocenters. The topological polar surface area (TPSA) is 57.8 Å². The summed E-state index contributed by atoms with van der Waals surface area (Å²) in [4.78, 5) is 16.9. The zero-order valence-corrected chi connectivity index (χ0v) is 7.29. The van der Waals surface area contributed by atoms with Crippen LogP contribution in [0.25, 0.3) is 0 Å². The van der Waals surface area contributed by atoms with Crippen molar-refractivity contribution in [1.29, 1.82) is 0 Å². The number of rotatable bonds is 3. The van der Waals surface area contributed by atoms with Crippen molar-refractivity contribution in [3.8, 4) is 0 Å². The summed E-state index contributed by atoms with van der Waals surface area (Å²) in [6, 6.07) is 1.74.